The van der Waals surface area contributed by atoms with Gasteiger partial charge in [0, 0.05) is 5.69 Å². The first kappa shape index (κ1) is 19.2. The maximum absolute atomic E-state index is 12.9. The second kappa shape index (κ2) is 8.31. The number of alkyl halides is 3. The fourth-order valence-electron chi connectivity index (χ4n) is 1.64. The topological polar surface area (TPSA) is 53.2 Å². The van der Waals surface area contributed by atoms with Gasteiger partial charge in [0.2, 0.25) is 3.79 Å². The van der Waals surface area contributed by atoms with Crippen LogP contribution in [-0.2, 0) is 0 Å². The highest BCUT2D eigenvalue weighted by atomic mass is 35.6. The van der Waals surface area contributed by atoms with Crippen LogP contribution in [0.15, 0.2) is 41.8 Å². The van der Waals surface area contributed by atoms with Gasteiger partial charge in [-0.15, -0.1) is 11.3 Å². The number of thiocarbonyl (C=S) groups is 1. The number of amides is 1. The van der Waals surface area contributed by atoms with E-state index in [0.29, 0.717) is 10.6 Å². The molecular weight excluding hydrogens is 416 g/mol. The van der Waals surface area contributed by atoms with Gasteiger partial charge in [-0.2, -0.15) is 0 Å². The van der Waals surface area contributed by atoms with Crippen molar-refractivity contribution in [3.8, 4) is 0 Å². The molecule has 0 bridgehead atoms. The molecule has 0 aliphatic carbocycles. The molecule has 3 N–H and O–H groups in total. The summed E-state index contributed by atoms with van der Waals surface area (Å²) in [5.74, 6) is -0.778. The second-order valence-electron chi connectivity index (χ2n) is 4.53. The summed E-state index contributed by atoms with van der Waals surface area (Å²) in [5, 5.41) is 9.95. The summed E-state index contributed by atoms with van der Waals surface area (Å²) in [6, 6.07) is 8.92. The molecule has 1 aromatic heterocycles. The lowest BCUT2D eigenvalue weighted by Gasteiger charge is -2.27. The van der Waals surface area contributed by atoms with Crippen molar-refractivity contribution < 1.29 is 9.18 Å². The molecule has 128 valence electrons. The molecule has 24 heavy (non-hydrogen) atoms. The molecule has 2 rings (SSSR count). The summed E-state index contributed by atoms with van der Waals surface area (Å²) in [6.07, 6.45) is -1.07. The standard InChI is InChI=1S/C14H11Cl3FN3OS2/c15-14(16,17)12(20-11(22)10-2-1-7-24-10)21-13(23)19-9-5-3-8(18)4-6-9/h1-7,12H,(H,20,22)(H2,19,21,23). The molecule has 0 saturated heterocycles. The Kier molecular flexibility index (Phi) is 6.65. The van der Waals surface area contributed by atoms with Gasteiger partial charge in [-0.25, -0.2) is 4.39 Å². The maximum atomic E-state index is 12.9. The summed E-state index contributed by atoms with van der Waals surface area (Å²) >= 11 is 24.1. The van der Waals surface area contributed by atoms with Crippen LogP contribution in [0.2, 0.25) is 0 Å². The molecule has 1 atom stereocenters. The lowest BCUT2D eigenvalue weighted by molar-refractivity contribution is 0.0938. The average Bonchev–Trinajstić information content (AvgIpc) is 3.02. The van der Waals surface area contributed by atoms with E-state index in [4.69, 9.17) is 47.0 Å². The van der Waals surface area contributed by atoms with Crippen LogP contribution in [-0.4, -0.2) is 21.0 Å². The number of nitrogens with one attached hydrogen (secondary N) is 3. The van der Waals surface area contributed by atoms with Crippen molar-refractivity contribution in [2.24, 2.45) is 0 Å². The van der Waals surface area contributed by atoms with Gasteiger partial charge in [-0.1, -0.05) is 40.9 Å². The molecule has 0 aliphatic rings. The molecule has 0 aliphatic heterocycles. The highest BCUT2D eigenvalue weighted by Gasteiger charge is 2.35. The molecular formula is C14H11Cl3FN3OS2. The number of anilines is 1. The quantitative estimate of drug-likeness (QED) is 0.388. The van der Waals surface area contributed by atoms with E-state index in [2.05, 4.69) is 16.0 Å². The molecule has 4 nitrogen and oxygen atoms in total. The minimum absolute atomic E-state index is 0.101. The van der Waals surface area contributed by atoms with Gasteiger partial charge < -0.3 is 16.0 Å². The van der Waals surface area contributed by atoms with Crippen LogP contribution in [0.1, 0.15) is 9.67 Å². The number of halogens is 4. The molecule has 0 saturated carbocycles. The fraction of sp³-hybridized carbons (Fsp3) is 0.143. The van der Waals surface area contributed by atoms with E-state index < -0.39 is 15.9 Å². The highest BCUT2D eigenvalue weighted by Crippen LogP contribution is 2.29. The van der Waals surface area contributed by atoms with Crippen molar-refractivity contribution in [3.05, 3.63) is 52.5 Å². The molecule has 0 fully saturated rings. The Bertz CT molecular complexity index is 705. The third-order valence-corrected chi connectivity index (χ3v) is 4.47. The van der Waals surface area contributed by atoms with Crippen molar-refractivity contribution in [2.75, 3.05) is 5.32 Å². The minimum atomic E-state index is -1.85. The number of benzene rings is 1. The lowest BCUT2D eigenvalue weighted by Crippen LogP contribution is -2.56. The van der Waals surface area contributed by atoms with Crippen LogP contribution in [0.4, 0.5) is 10.1 Å². The fourth-order valence-corrected chi connectivity index (χ4v) is 2.83. The normalized spacial score (nSPS) is 12.3. The van der Waals surface area contributed by atoms with E-state index in [9.17, 15) is 9.18 Å². The molecule has 1 aromatic carbocycles. The Labute approximate surface area is 162 Å². The van der Waals surface area contributed by atoms with E-state index in [1.165, 1.54) is 35.6 Å². The molecule has 1 amide bonds. The Hall–Kier alpha value is -1.12. The van der Waals surface area contributed by atoms with Gasteiger partial charge in [0.1, 0.15) is 12.0 Å². The van der Waals surface area contributed by atoms with E-state index in [0.717, 1.165) is 0 Å². The first-order chi connectivity index (χ1) is 11.3. The predicted octanol–water partition coefficient (Wildman–Crippen LogP) is 4.30. The summed E-state index contributed by atoms with van der Waals surface area (Å²) in [7, 11) is 0. The third-order valence-electron chi connectivity index (χ3n) is 2.73. The van der Waals surface area contributed by atoms with E-state index in [1.807, 2.05) is 0 Å². The molecule has 2 aromatic rings. The zero-order chi connectivity index (χ0) is 17.7. The molecule has 1 heterocycles. The van der Waals surface area contributed by atoms with E-state index >= 15 is 0 Å². The summed E-state index contributed by atoms with van der Waals surface area (Å²) in [5.41, 5.74) is 0.543. The number of hydrogen-bond donors (Lipinski definition) is 3. The monoisotopic (exact) mass is 425 g/mol. The zero-order valence-electron chi connectivity index (χ0n) is 11.9. The maximum Gasteiger partial charge on any atom is 0.263 e. The van der Waals surface area contributed by atoms with Crippen LogP contribution in [0.3, 0.4) is 0 Å². The number of hydrogen-bond acceptors (Lipinski definition) is 3. The minimum Gasteiger partial charge on any atom is -0.339 e. The SMILES string of the molecule is O=C(NC(NC(=S)Nc1ccc(F)cc1)C(Cl)(Cl)Cl)c1cccs1. The number of carbonyl (C=O) groups excluding carboxylic acids is 1. The lowest BCUT2D eigenvalue weighted by atomic mass is 10.3. The Balaban J connectivity index is 2.01. The smallest absolute Gasteiger partial charge is 0.263 e. The Morgan fingerprint density at radius 2 is 1.83 bits per heavy atom. The van der Waals surface area contributed by atoms with Gasteiger partial charge in [0.05, 0.1) is 4.88 Å². The molecule has 10 heteroatoms. The molecule has 0 spiro atoms. The van der Waals surface area contributed by atoms with Crippen LogP contribution in [0, 0.1) is 5.82 Å². The number of thiophene rings is 1. The highest BCUT2D eigenvalue weighted by molar-refractivity contribution is 7.80. The zero-order valence-corrected chi connectivity index (χ0v) is 15.8. The second-order valence-corrected chi connectivity index (χ2v) is 8.26. The number of carbonyl (C=O) groups is 1. The van der Waals surface area contributed by atoms with Gasteiger partial charge in [0.15, 0.2) is 5.11 Å². The van der Waals surface area contributed by atoms with Gasteiger partial charge >= 0.3 is 0 Å². The van der Waals surface area contributed by atoms with Crippen LogP contribution >= 0.6 is 58.4 Å². The first-order valence-electron chi connectivity index (χ1n) is 6.50. The summed E-state index contributed by atoms with van der Waals surface area (Å²) in [4.78, 5) is 12.6. The summed E-state index contributed by atoms with van der Waals surface area (Å²) < 4.78 is 11.0. The first-order valence-corrected chi connectivity index (χ1v) is 8.92. The van der Waals surface area contributed by atoms with Crippen molar-refractivity contribution in [2.45, 2.75) is 9.96 Å². The summed E-state index contributed by atoms with van der Waals surface area (Å²) in [6.45, 7) is 0. The third kappa shape index (κ3) is 5.75. The molecule has 1 unspecified atom stereocenters. The van der Waals surface area contributed by atoms with Crippen molar-refractivity contribution in [1.82, 2.24) is 10.6 Å². The van der Waals surface area contributed by atoms with Crippen molar-refractivity contribution in [1.29, 1.82) is 0 Å². The Morgan fingerprint density at radius 3 is 2.38 bits per heavy atom. The van der Waals surface area contributed by atoms with Crippen molar-refractivity contribution in [3.63, 3.8) is 0 Å². The van der Waals surface area contributed by atoms with Gasteiger partial charge in [0.25, 0.3) is 5.91 Å². The van der Waals surface area contributed by atoms with Crippen molar-refractivity contribution >= 4 is 75.1 Å². The largest absolute Gasteiger partial charge is 0.339 e. The number of rotatable bonds is 4. The van der Waals surface area contributed by atoms with E-state index in [1.54, 1.807) is 17.5 Å². The van der Waals surface area contributed by atoms with Crippen LogP contribution < -0.4 is 16.0 Å². The van der Waals surface area contributed by atoms with Crippen LogP contribution in [0.5, 0.6) is 0 Å². The van der Waals surface area contributed by atoms with Gasteiger partial charge in [-0.05, 0) is 47.9 Å². The molecule has 0 radical (unpaired) electrons. The predicted molar refractivity (Wildman–Crippen MR) is 102 cm³/mol. The van der Waals surface area contributed by atoms with Gasteiger partial charge in [-0.3, -0.25) is 4.79 Å². The Morgan fingerprint density at radius 1 is 1.17 bits per heavy atom. The van der Waals surface area contributed by atoms with Crippen LogP contribution in [0.25, 0.3) is 0 Å². The average molecular weight is 427 g/mol. The van der Waals surface area contributed by atoms with E-state index in [-0.39, 0.29) is 10.9 Å².